The maximum Gasteiger partial charge on any atom is 0.256 e. The number of aryl methyl sites for hydroxylation is 1. The molecule has 0 saturated carbocycles. The number of halogens is 1. The fraction of sp³-hybridized carbons (Fsp3) is 0.286. The Morgan fingerprint density at radius 2 is 1.61 bits per heavy atom. The van der Waals surface area contributed by atoms with Gasteiger partial charge in [-0.2, -0.15) is 5.10 Å². The molecule has 1 amide bonds. The van der Waals surface area contributed by atoms with Crippen molar-refractivity contribution in [1.29, 1.82) is 0 Å². The van der Waals surface area contributed by atoms with Crippen molar-refractivity contribution >= 4 is 11.6 Å². The standard InChI is InChI=1S/C28H31FN6O/c1-22-26(28(34-16-5-6-17-34)35(31-22)25-8-3-2-4-9-25)27(36)30-14-7-15-32-18-20-33(21-19-32)24-12-10-23(29)11-13-24/h2-6,8-13,16-17H,7,14-15,18-21H2,1H3,(H,30,36). The molecule has 36 heavy (non-hydrogen) atoms. The second-order valence-corrected chi connectivity index (χ2v) is 9.04. The molecule has 0 atom stereocenters. The van der Waals surface area contributed by atoms with E-state index in [9.17, 15) is 9.18 Å². The summed E-state index contributed by atoms with van der Waals surface area (Å²) >= 11 is 0. The van der Waals surface area contributed by atoms with Crippen LogP contribution in [0.4, 0.5) is 10.1 Å². The fourth-order valence-electron chi connectivity index (χ4n) is 4.72. The molecule has 2 aromatic carbocycles. The Balaban J connectivity index is 1.18. The first-order valence-corrected chi connectivity index (χ1v) is 12.4. The van der Waals surface area contributed by atoms with Crippen LogP contribution in [0.15, 0.2) is 79.1 Å². The van der Waals surface area contributed by atoms with E-state index in [0.717, 1.165) is 56.3 Å². The van der Waals surface area contributed by atoms with Crippen molar-refractivity contribution in [3.8, 4) is 11.5 Å². The molecule has 0 aliphatic carbocycles. The van der Waals surface area contributed by atoms with E-state index in [1.54, 1.807) is 0 Å². The molecule has 0 unspecified atom stereocenters. The monoisotopic (exact) mass is 486 g/mol. The molecule has 1 aliphatic rings. The van der Waals surface area contributed by atoms with E-state index in [-0.39, 0.29) is 11.7 Å². The Morgan fingerprint density at radius 3 is 2.31 bits per heavy atom. The highest BCUT2D eigenvalue weighted by Crippen LogP contribution is 2.23. The normalized spacial score (nSPS) is 14.2. The Bertz CT molecular complexity index is 1280. The number of anilines is 1. The quantitative estimate of drug-likeness (QED) is 0.382. The van der Waals surface area contributed by atoms with Crippen molar-refractivity contribution < 1.29 is 9.18 Å². The van der Waals surface area contributed by atoms with Gasteiger partial charge in [0.2, 0.25) is 0 Å². The van der Waals surface area contributed by atoms with E-state index >= 15 is 0 Å². The van der Waals surface area contributed by atoms with Gasteiger partial charge in [0.25, 0.3) is 5.91 Å². The lowest BCUT2D eigenvalue weighted by atomic mass is 10.2. The molecule has 186 valence electrons. The van der Waals surface area contributed by atoms with Gasteiger partial charge >= 0.3 is 0 Å². The zero-order chi connectivity index (χ0) is 24.9. The average Bonchev–Trinajstić information content (AvgIpc) is 3.56. The van der Waals surface area contributed by atoms with E-state index in [0.29, 0.717) is 17.8 Å². The van der Waals surface area contributed by atoms with Crippen LogP contribution in [-0.2, 0) is 0 Å². The third kappa shape index (κ3) is 5.18. The summed E-state index contributed by atoms with van der Waals surface area (Å²) in [5.74, 6) is 0.417. The lowest BCUT2D eigenvalue weighted by Crippen LogP contribution is -2.47. The van der Waals surface area contributed by atoms with E-state index in [1.165, 1.54) is 12.1 Å². The van der Waals surface area contributed by atoms with Crippen LogP contribution in [0.1, 0.15) is 22.5 Å². The first-order chi connectivity index (χ1) is 17.6. The topological polar surface area (TPSA) is 58.3 Å². The van der Waals surface area contributed by atoms with Crippen molar-refractivity contribution in [3.05, 3.63) is 96.2 Å². The number of para-hydroxylation sites is 1. The molecule has 4 aromatic rings. The minimum absolute atomic E-state index is 0.112. The van der Waals surface area contributed by atoms with Crippen LogP contribution in [0.5, 0.6) is 0 Å². The molecule has 0 radical (unpaired) electrons. The Labute approximate surface area is 210 Å². The number of hydrogen-bond acceptors (Lipinski definition) is 4. The number of aromatic nitrogens is 3. The molecule has 3 heterocycles. The third-order valence-electron chi connectivity index (χ3n) is 6.61. The van der Waals surface area contributed by atoms with Gasteiger partial charge in [-0.05, 0) is 68.4 Å². The van der Waals surface area contributed by atoms with E-state index in [1.807, 2.05) is 83.2 Å². The zero-order valence-corrected chi connectivity index (χ0v) is 20.5. The summed E-state index contributed by atoms with van der Waals surface area (Å²) in [7, 11) is 0. The number of nitrogens with zero attached hydrogens (tertiary/aromatic N) is 5. The minimum atomic E-state index is -0.206. The van der Waals surface area contributed by atoms with Crippen LogP contribution in [0.3, 0.4) is 0 Å². The second kappa shape index (κ2) is 10.8. The minimum Gasteiger partial charge on any atom is -0.369 e. The van der Waals surface area contributed by atoms with E-state index in [2.05, 4.69) is 15.1 Å². The Morgan fingerprint density at radius 1 is 0.917 bits per heavy atom. The number of piperazine rings is 1. The van der Waals surface area contributed by atoms with Crippen molar-refractivity contribution in [3.63, 3.8) is 0 Å². The molecule has 5 rings (SSSR count). The molecule has 8 heteroatoms. The number of carbonyl (C=O) groups excluding carboxylic acids is 1. The first kappa shape index (κ1) is 23.8. The van der Waals surface area contributed by atoms with Gasteiger partial charge in [0, 0.05) is 50.8 Å². The van der Waals surface area contributed by atoms with E-state index in [4.69, 9.17) is 5.10 Å². The second-order valence-electron chi connectivity index (χ2n) is 9.04. The van der Waals surface area contributed by atoms with Gasteiger partial charge in [-0.3, -0.25) is 9.69 Å². The van der Waals surface area contributed by atoms with Crippen molar-refractivity contribution in [1.82, 2.24) is 24.6 Å². The van der Waals surface area contributed by atoms with Gasteiger partial charge in [0.1, 0.15) is 11.4 Å². The molecule has 0 bridgehead atoms. The Kier molecular flexibility index (Phi) is 7.13. The fourth-order valence-corrected chi connectivity index (χ4v) is 4.72. The summed E-state index contributed by atoms with van der Waals surface area (Å²) in [6, 6.07) is 20.4. The molecule has 2 aromatic heterocycles. The number of carbonyl (C=O) groups is 1. The molecule has 1 aliphatic heterocycles. The summed E-state index contributed by atoms with van der Waals surface area (Å²) in [6.45, 7) is 7.12. The molecule has 0 spiro atoms. The largest absolute Gasteiger partial charge is 0.369 e. The van der Waals surface area contributed by atoms with Crippen LogP contribution < -0.4 is 10.2 Å². The predicted octanol–water partition coefficient (Wildman–Crippen LogP) is 4.05. The highest BCUT2D eigenvalue weighted by atomic mass is 19.1. The number of hydrogen-bond donors (Lipinski definition) is 1. The highest BCUT2D eigenvalue weighted by molar-refractivity contribution is 5.98. The van der Waals surface area contributed by atoms with Gasteiger partial charge < -0.3 is 14.8 Å². The summed E-state index contributed by atoms with van der Waals surface area (Å²) in [5, 5.41) is 7.81. The van der Waals surface area contributed by atoms with Gasteiger partial charge in [-0.25, -0.2) is 9.07 Å². The summed E-state index contributed by atoms with van der Waals surface area (Å²) < 4.78 is 16.9. The van der Waals surface area contributed by atoms with Crippen LogP contribution in [0.25, 0.3) is 11.5 Å². The lowest BCUT2D eigenvalue weighted by Gasteiger charge is -2.36. The molecule has 1 N–H and O–H groups in total. The Hall–Kier alpha value is -3.91. The number of rotatable bonds is 8. The lowest BCUT2D eigenvalue weighted by molar-refractivity contribution is 0.0951. The van der Waals surface area contributed by atoms with Crippen LogP contribution in [0.2, 0.25) is 0 Å². The number of nitrogens with one attached hydrogen (secondary N) is 1. The summed E-state index contributed by atoms with van der Waals surface area (Å²) in [4.78, 5) is 18.0. The maximum atomic E-state index is 13.3. The average molecular weight is 487 g/mol. The highest BCUT2D eigenvalue weighted by Gasteiger charge is 2.23. The SMILES string of the molecule is Cc1nn(-c2ccccc2)c(-n2cccc2)c1C(=O)NCCCN1CCN(c2ccc(F)cc2)CC1. The van der Waals surface area contributed by atoms with Crippen molar-refractivity contribution in [2.75, 3.05) is 44.2 Å². The smallest absolute Gasteiger partial charge is 0.256 e. The molecule has 1 saturated heterocycles. The molecular weight excluding hydrogens is 455 g/mol. The van der Waals surface area contributed by atoms with Crippen molar-refractivity contribution in [2.45, 2.75) is 13.3 Å². The van der Waals surface area contributed by atoms with Crippen LogP contribution in [0, 0.1) is 12.7 Å². The van der Waals surface area contributed by atoms with Crippen LogP contribution in [-0.4, -0.2) is 64.4 Å². The van der Waals surface area contributed by atoms with Crippen molar-refractivity contribution in [2.24, 2.45) is 0 Å². The zero-order valence-electron chi connectivity index (χ0n) is 20.5. The summed E-state index contributed by atoms with van der Waals surface area (Å²) in [5.41, 5.74) is 3.25. The first-order valence-electron chi connectivity index (χ1n) is 12.4. The number of amides is 1. The summed E-state index contributed by atoms with van der Waals surface area (Å²) in [6.07, 6.45) is 4.73. The molecule has 1 fully saturated rings. The number of benzene rings is 2. The van der Waals surface area contributed by atoms with Gasteiger partial charge in [-0.15, -0.1) is 0 Å². The van der Waals surface area contributed by atoms with Gasteiger partial charge in [0.15, 0.2) is 5.82 Å². The molecule has 7 nitrogen and oxygen atoms in total. The van der Waals surface area contributed by atoms with Crippen LogP contribution >= 0.6 is 0 Å². The molecular formula is C28H31FN6O. The maximum absolute atomic E-state index is 13.3. The van der Waals surface area contributed by atoms with E-state index < -0.39 is 0 Å². The van der Waals surface area contributed by atoms with Gasteiger partial charge in [-0.1, -0.05) is 18.2 Å². The predicted molar refractivity (Wildman–Crippen MR) is 140 cm³/mol. The third-order valence-corrected chi connectivity index (χ3v) is 6.61. The van der Waals surface area contributed by atoms with Gasteiger partial charge in [0.05, 0.1) is 11.4 Å².